The van der Waals surface area contributed by atoms with Crippen molar-refractivity contribution in [3.63, 3.8) is 0 Å². The van der Waals surface area contributed by atoms with E-state index in [0.717, 1.165) is 11.3 Å². The van der Waals surface area contributed by atoms with Gasteiger partial charge in [-0.2, -0.15) is 5.26 Å². The zero-order chi connectivity index (χ0) is 33.3. The summed E-state index contributed by atoms with van der Waals surface area (Å²) in [5, 5.41) is 12.7. The van der Waals surface area contributed by atoms with Gasteiger partial charge in [-0.1, -0.05) is 11.3 Å². The second kappa shape index (κ2) is 12.7. The van der Waals surface area contributed by atoms with Gasteiger partial charge < -0.3 is 19.1 Å². The Bertz CT molecular complexity index is 2020. The van der Waals surface area contributed by atoms with Crippen molar-refractivity contribution in [2.45, 2.75) is 39.4 Å². The summed E-state index contributed by atoms with van der Waals surface area (Å²) in [6.45, 7) is 8.31. The van der Waals surface area contributed by atoms with Crippen LogP contribution in [0.3, 0.4) is 0 Å². The van der Waals surface area contributed by atoms with Crippen LogP contribution in [-0.2, 0) is 4.74 Å². The van der Waals surface area contributed by atoms with Gasteiger partial charge in [0, 0.05) is 28.6 Å². The van der Waals surface area contributed by atoms with Gasteiger partial charge in [0.15, 0.2) is 5.13 Å². The second-order valence-corrected chi connectivity index (χ2v) is 13.0. The van der Waals surface area contributed by atoms with Crippen LogP contribution in [-0.4, -0.2) is 63.8 Å². The summed E-state index contributed by atoms with van der Waals surface area (Å²) in [4.78, 5) is 41.7. The van der Waals surface area contributed by atoms with Crippen molar-refractivity contribution >= 4 is 38.8 Å². The number of nitrogens with one attached hydrogen (secondary N) is 1. The Kier molecular flexibility index (Phi) is 8.49. The molecule has 5 aromatic rings. The summed E-state index contributed by atoms with van der Waals surface area (Å²) in [5.74, 6) is 0.841. The van der Waals surface area contributed by atoms with Crippen molar-refractivity contribution in [1.82, 2.24) is 19.9 Å². The molecule has 0 saturated carbocycles. The Morgan fingerprint density at radius 2 is 1.79 bits per heavy atom. The molecule has 0 aliphatic carbocycles. The lowest BCUT2D eigenvalue weighted by Gasteiger charge is -2.39. The number of hydrogen-bond acceptors (Lipinski definition) is 10. The quantitative estimate of drug-likeness (QED) is 0.200. The van der Waals surface area contributed by atoms with Crippen LogP contribution < -0.4 is 14.8 Å². The maximum Gasteiger partial charge on any atom is 0.410 e. The summed E-state index contributed by atoms with van der Waals surface area (Å²) in [6.07, 6.45) is 1.09. The number of nitriles is 1. The average Bonchev–Trinajstić information content (AvgIpc) is 3.43. The van der Waals surface area contributed by atoms with Crippen LogP contribution in [0.2, 0.25) is 0 Å². The largest absolute Gasteiger partial charge is 0.496 e. The van der Waals surface area contributed by atoms with Crippen molar-refractivity contribution in [3.8, 4) is 40.0 Å². The first-order valence-corrected chi connectivity index (χ1v) is 15.7. The first-order valence-electron chi connectivity index (χ1n) is 14.9. The summed E-state index contributed by atoms with van der Waals surface area (Å²) in [5.41, 5.74) is 4.45. The van der Waals surface area contributed by atoms with E-state index in [4.69, 9.17) is 19.2 Å². The van der Waals surface area contributed by atoms with Crippen LogP contribution in [0.1, 0.15) is 42.4 Å². The standard InChI is InChI=1S/C35H32N6O5S/c1-20-14-25(26-15-21(16-36)6-13-30(26)44-5)27(17-37-20)31(42)40-33-39-29-12-11-28(38-32(29)47-33)22-7-9-23(10-8-22)45-24-18-41(19-24)34(43)46-35(2,3)4/h6-15,17,24H,18-19H2,1-5H3,(H,39,40,42). The summed E-state index contributed by atoms with van der Waals surface area (Å²) in [7, 11) is 1.54. The predicted molar refractivity (Wildman–Crippen MR) is 179 cm³/mol. The zero-order valence-corrected chi connectivity index (χ0v) is 27.3. The number of amides is 2. The first kappa shape index (κ1) is 31.4. The molecule has 0 unspecified atom stereocenters. The van der Waals surface area contributed by atoms with Crippen LogP contribution in [0.15, 0.2) is 66.9 Å². The molecule has 47 heavy (non-hydrogen) atoms. The van der Waals surface area contributed by atoms with Gasteiger partial charge in [0.25, 0.3) is 5.91 Å². The monoisotopic (exact) mass is 648 g/mol. The first-order chi connectivity index (χ1) is 22.5. The molecule has 1 aliphatic rings. The SMILES string of the molecule is COc1ccc(C#N)cc1-c1cc(C)ncc1C(=O)Nc1nc2ccc(-c3ccc(OC4CN(C(=O)OC(C)(C)C)C4)cc3)nc2s1. The van der Waals surface area contributed by atoms with Gasteiger partial charge in [0.05, 0.1) is 43.1 Å². The molecule has 238 valence electrons. The van der Waals surface area contributed by atoms with Crippen molar-refractivity contribution in [1.29, 1.82) is 5.26 Å². The third-order valence-corrected chi connectivity index (χ3v) is 8.21. The number of methoxy groups -OCH3 is 1. The van der Waals surface area contributed by atoms with E-state index in [-0.39, 0.29) is 12.2 Å². The maximum atomic E-state index is 13.5. The minimum absolute atomic E-state index is 0.0924. The molecular weight excluding hydrogens is 616 g/mol. The molecule has 11 nitrogen and oxygen atoms in total. The molecule has 1 N–H and O–H groups in total. The van der Waals surface area contributed by atoms with Gasteiger partial charge in [0.2, 0.25) is 0 Å². The number of nitrogens with zero attached hydrogens (tertiary/aromatic N) is 5. The zero-order valence-electron chi connectivity index (χ0n) is 26.5. The Labute approximate surface area is 275 Å². The highest BCUT2D eigenvalue weighted by molar-refractivity contribution is 7.22. The van der Waals surface area contributed by atoms with E-state index in [1.54, 1.807) is 36.3 Å². The van der Waals surface area contributed by atoms with Gasteiger partial charge in [-0.3, -0.25) is 15.1 Å². The lowest BCUT2D eigenvalue weighted by Crippen LogP contribution is -2.57. The molecule has 1 aliphatic heterocycles. The number of thiazole rings is 1. The van der Waals surface area contributed by atoms with E-state index in [0.29, 0.717) is 68.0 Å². The minimum atomic E-state index is -0.532. The van der Waals surface area contributed by atoms with Crippen molar-refractivity contribution in [3.05, 3.63) is 83.7 Å². The van der Waals surface area contributed by atoms with Crippen LogP contribution in [0, 0.1) is 18.3 Å². The van der Waals surface area contributed by atoms with E-state index in [1.165, 1.54) is 17.5 Å². The number of aryl methyl sites for hydroxylation is 1. The number of aromatic nitrogens is 3. The van der Waals surface area contributed by atoms with Crippen LogP contribution in [0.5, 0.6) is 11.5 Å². The molecule has 0 spiro atoms. The lowest BCUT2D eigenvalue weighted by atomic mass is 9.97. The smallest absolute Gasteiger partial charge is 0.410 e. The second-order valence-electron chi connectivity index (χ2n) is 12.0. The fraction of sp³-hybridized carbons (Fsp3) is 0.257. The normalized spacial score (nSPS) is 13.1. The maximum absolute atomic E-state index is 13.5. The molecule has 0 radical (unpaired) electrons. The van der Waals surface area contributed by atoms with Crippen LogP contribution in [0.4, 0.5) is 9.93 Å². The third-order valence-electron chi connectivity index (χ3n) is 7.33. The number of rotatable bonds is 7. The van der Waals surface area contributed by atoms with Gasteiger partial charge in [-0.05, 0) is 88.4 Å². The number of fused-ring (bicyclic) bond motifs is 1. The molecule has 1 fully saturated rings. The van der Waals surface area contributed by atoms with Crippen LogP contribution >= 0.6 is 11.3 Å². The molecule has 3 aromatic heterocycles. The van der Waals surface area contributed by atoms with E-state index in [2.05, 4.69) is 21.4 Å². The van der Waals surface area contributed by atoms with E-state index in [9.17, 15) is 14.9 Å². The highest BCUT2D eigenvalue weighted by Crippen LogP contribution is 2.35. The summed E-state index contributed by atoms with van der Waals surface area (Å²) >= 11 is 1.27. The number of ether oxygens (including phenoxy) is 3. The van der Waals surface area contributed by atoms with Gasteiger partial charge >= 0.3 is 6.09 Å². The van der Waals surface area contributed by atoms with E-state index in [1.807, 2.05) is 64.1 Å². The number of hydrogen-bond donors (Lipinski definition) is 1. The number of pyridine rings is 2. The Morgan fingerprint density at radius 3 is 2.49 bits per heavy atom. The van der Waals surface area contributed by atoms with Gasteiger partial charge in [0.1, 0.15) is 33.6 Å². The number of anilines is 1. The Balaban J connectivity index is 1.14. The molecule has 0 bridgehead atoms. The average molecular weight is 649 g/mol. The molecule has 1 saturated heterocycles. The number of carbonyl (C=O) groups excluding carboxylic acids is 2. The van der Waals surface area contributed by atoms with Crippen LogP contribution in [0.25, 0.3) is 32.7 Å². The highest BCUT2D eigenvalue weighted by atomic mass is 32.1. The van der Waals surface area contributed by atoms with Gasteiger partial charge in [-0.25, -0.2) is 14.8 Å². The lowest BCUT2D eigenvalue weighted by molar-refractivity contribution is -0.0221. The fourth-order valence-electron chi connectivity index (χ4n) is 5.03. The minimum Gasteiger partial charge on any atom is -0.496 e. The molecule has 2 aromatic carbocycles. The fourth-order valence-corrected chi connectivity index (χ4v) is 5.87. The van der Waals surface area contributed by atoms with Gasteiger partial charge in [-0.15, -0.1) is 0 Å². The predicted octanol–water partition coefficient (Wildman–Crippen LogP) is 6.86. The Hall–Kier alpha value is -5.54. The van der Waals surface area contributed by atoms with Crippen molar-refractivity contribution in [2.75, 3.05) is 25.5 Å². The number of likely N-dealkylation sites (tertiary alicyclic amines) is 1. The highest BCUT2D eigenvalue weighted by Gasteiger charge is 2.35. The number of benzene rings is 2. The third kappa shape index (κ3) is 7.00. The summed E-state index contributed by atoms with van der Waals surface area (Å²) < 4.78 is 17.0. The molecule has 6 rings (SSSR count). The molecule has 0 atom stereocenters. The molecule has 12 heteroatoms. The van der Waals surface area contributed by atoms with E-state index >= 15 is 0 Å². The Morgan fingerprint density at radius 1 is 1.02 bits per heavy atom. The summed E-state index contributed by atoms with van der Waals surface area (Å²) in [6, 6.07) is 20.4. The molecule has 4 heterocycles. The topological polar surface area (TPSA) is 140 Å². The molecule has 2 amide bonds. The molecular formula is C35H32N6O5S. The van der Waals surface area contributed by atoms with Crippen molar-refractivity contribution in [2.24, 2.45) is 0 Å². The van der Waals surface area contributed by atoms with E-state index < -0.39 is 11.5 Å². The van der Waals surface area contributed by atoms with Crippen molar-refractivity contribution < 1.29 is 23.8 Å². The number of carbonyl (C=O) groups is 2.